The lowest BCUT2D eigenvalue weighted by Crippen LogP contribution is -2.41. The van der Waals surface area contributed by atoms with E-state index in [4.69, 9.17) is 10.5 Å². The third-order valence-corrected chi connectivity index (χ3v) is 2.45. The largest absolute Gasteiger partial charge is 0.492 e. The van der Waals surface area contributed by atoms with E-state index in [0.29, 0.717) is 13.2 Å². The van der Waals surface area contributed by atoms with Gasteiger partial charge < -0.3 is 15.4 Å². The van der Waals surface area contributed by atoms with Crippen LogP contribution in [-0.2, 0) is 4.79 Å². The summed E-state index contributed by atoms with van der Waals surface area (Å²) in [7, 11) is 1.73. The van der Waals surface area contributed by atoms with Crippen molar-refractivity contribution < 1.29 is 9.53 Å². The summed E-state index contributed by atoms with van der Waals surface area (Å²) in [4.78, 5) is 13.1. The number of nitrogens with zero attached hydrogens (tertiary/aromatic N) is 1. The van der Waals surface area contributed by atoms with Gasteiger partial charge in [-0.1, -0.05) is 12.1 Å². The van der Waals surface area contributed by atoms with Crippen molar-refractivity contribution in [3.05, 3.63) is 29.8 Å². The zero-order valence-corrected chi connectivity index (χ0v) is 11.9. The molecule has 0 aliphatic rings. The Morgan fingerprint density at radius 2 is 2.17 bits per heavy atom. The Morgan fingerprint density at radius 1 is 1.50 bits per heavy atom. The number of carbonyl (C=O) groups is 1. The molecule has 1 aromatic carbocycles. The van der Waals surface area contributed by atoms with Crippen LogP contribution in [-0.4, -0.2) is 37.0 Å². The molecule has 0 spiro atoms. The molecule has 0 saturated carbocycles. The normalized spacial score (nSPS) is 11.3. The lowest BCUT2D eigenvalue weighted by atomic mass is 10.2. The molecule has 1 amide bonds. The maximum Gasteiger partial charge on any atom is 0.239 e. The number of hydrogen-bond donors (Lipinski definition) is 1. The van der Waals surface area contributed by atoms with Crippen LogP contribution in [0.1, 0.15) is 12.5 Å². The number of aryl methyl sites for hydroxylation is 1. The maximum atomic E-state index is 11.5. The number of rotatable bonds is 5. The Labute approximate surface area is 115 Å². The molecule has 0 radical (unpaired) electrons. The molecule has 2 N–H and O–H groups in total. The molecular weight excluding hydrogens is 252 g/mol. The maximum absolute atomic E-state index is 11.5. The van der Waals surface area contributed by atoms with E-state index in [1.165, 1.54) is 0 Å². The van der Waals surface area contributed by atoms with E-state index in [0.717, 1.165) is 11.3 Å². The van der Waals surface area contributed by atoms with Gasteiger partial charge >= 0.3 is 0 Å². The molecule has 5 heteroatoms. The van der Waals surface area contributed by atoms with Crippen LogP contribution in [0.5, 0.6) is 5.75 Å². The summed E-state index contributed by atoms with van der Waals surface area (Å²) >= 11 is 0. The molecule has 1 aromatic rings. The van der Waals surface area contributed by atoms with Gasteiger partial charge in [0.05, 0.1) is 12.6 Å². The van der Waals surface area contributed by atoms with E-state index < -0.39 is 6.04 Å². The fraction of sp³-hybridized carbons (Fsp3) is 0.462. The molecule has 0 unspecified atom stereocenters. The number of likely N-dealkylation sites (N-methyl/N-ethyl adjacent to an activating group) is 1. The standard InChI is InChI=1S/C13H20N2O2.ClH/c1-10-5-4-6-12(9-10)17-8-7-15(3)13(16)11(2)14;/h4-6,9,11H,7-8,14H2,1-3H3;1H/t11-;/m0./s1. The second-order valence-corrected chi connectivity index (χ2v) is 4.21. The first-order chi connectivity index (χ1) is 8.00. The van der Waals surface area contributed by atoms with E-state index >= 15 is 0 Å². The molecular formula is C13H21ClN2O2. The molecule has 0 bridgehead atoms. The van der Waals surface area contributed by atoms with E-state index in [9.17, 15) is 4.79 Å². The molecule has 0 aromatic heterocycles. The summed E-state index contributed by atoms with van der Waals surface area (Å²) in [5.41, 5.74) is 6.66. The number of hydrogen-bond acceptors (Lipinski definition) is 3. The number of ether oxygens (including phenoxy) is 1. The van der Waals surface area contributed by atoms with Crippen LogP contribution in [0, 0.1) is 6.92 Å². The van der Waals surface area contributed by atoms with Crippen molar-refractivity contribution in [1.29, 1.82) is 0 Å². The summed E-state index contributed by atoms with van der Waals surface area (Å²) < 4.78 is 5.55. The molecule has 0 fully saturated rings. The van der Waals surface area contributed by atoms with E-state index in [1.54, 1.807) is 18.9 Å². The van der Waals surface area contributed by atoms with Gasteiger partial charge in [-0.2, -0.15) is 0 Å². The highest BCUT2D eigenvalue weighted by atomic mass is 35.5. The van der Waals surface area contributed by atoms with Crippen LogP contribution < -0.4 is 10.5 Å². The first kappa shape index (κ1) is 16.7. The topological polar surface area (TPSA) is 55.6 Å². The van der Waals surface area contributed by atoms with Crippen molar-refractivity contribution in [2.24, 2.45) is 5.73 Å². The minimum Gasteiger partial charge on any atom is -0.492 e. The molecule has 18 heavy (non-hydrogen) atoms. The number of benzene rings is 1. The fourth-order valence-corrected chi connectivity index (χ4v) is 1.46. The molecule has 0 heterocycles. The predicted molar refractivity (Wildman–Crippen MR) is 75.2 cm³/mol. The SMILES string of the molecule is Cc1cccc(OCCN(C)C(=O)[C@H](C)N)c1.Cl. The lowest BCUT2D eigenvalue weighted by molar-refractivity contribution is -0.131. The summed E-state index contributed by atoms with van der Waals surface area (Å²) in [5.74, 6) is 0.754. The second kappa shape index (κ2) is 7.95. The van der Waals surface area contributed by atoms with Crippen molar-refractivity contribution >= 4 is 18.3 Å². The van der Waals surface area contributed by atoms with Crippen LogP contribution in [0.2, 0.25) is 0 Å². The quantitative estimate of drug-likeness (QED) is 0.886. The molecule has 0 saturated heterocycles. The smallest absolute Gasteiger partial charge is 0.239 e. The van der Waals surface area contributed by atoms with Crippen molar-refractivity contribution in [3.63, 3.8) is 0 Å². The van der Waals surface area contributed by atoms with Crippen molar-refractivity contribution in [2.45, 2.75) is 19.9 Å². The van der Waals surface area contributed by atoms with Crippen LogP contribution >= 0.6 is 12.4 Å². The Bertz CT molecular complexity index is 383. The fourth-order valence-electron chi connectivity index (χ4n) is 1.46. The van der Waals surface area contributed by atoms with Crippen LogP contribution in [0.15, 0.2) is 24.3 Å². The third-order valence-electron chi connectivity index (χ3n) is 2.45. The van der Waals surface area contributed by atoms with Gasteiger partial charge in [0, 0.05) is 7.05 Å². The molecule has 0 aliphatic heterocycles. The molecule has 1 atom stereocenters. The summed E-state index contributed by atoms with van der Waals surface area (Å²) in [5, 5.41) is 0. The minimum absolute atomic E-state index is 0. The molecule has 4 nitrogen and oxygen atoms in total. The van der Waals surface area contributed by atoms with E-state index in [2.05, 4.69) is 0 Å². The number of halogens is 1. The van der Waals surface area contributed by atoms with Gasteiger partial charge in [-0.05, 0) is 31.5 Å². The van der Waals surface area contributed by atoms with Gasteiger partial charge in [0.1, 0.15) is 12.4 Å². The van der Waals surface area contributed by atoms with Gasteiger partial charge in [-0.15, -0.1) is 12.4 Å². The second-order valence-electron chi connectivity index (χ2n) is 4.21. The highest BCUT2D eigenvalue weighted by Gasteiger charge is 2.12. The Morgan fingerprint density at radius 3 is 2.72 bits per heavy atom. The van der Waals surface area contributed by atoms with E-state index in [-0.39, 0.29) is 18.3 Å². The average molecular weight is 273 g/mol. The number of carbonyl (C=O) groups excluding carboxylic acids is 1. The minimum atomic E-state index is -0.459. The van der Waals surface area contributed by atoms with Crippen molar-refractivity contribution in [2.75, 3.05) is 20.2 Å². The van der Waals surface area contributed by atoms with Gasteiger partial charge in [0.2, 0.25) is 5.91 Å². The van der Waals surface area contributed by atoms with Gasteiger partial charge in [-0.25, -0.2) is 0 Å². The zero-order valence-electron chi connectivity index (χ0n) is 11.1. The first-order valence-corrected chi connectivity index (χ1v) is 5.70. The van der Waals surface area contributed by atoms with Gasteiger partial charge in [0.15, 0.2) is 0 Å². The lowest BCUT2D eigenvalue weighted by Gasteiger charge is -2.19. The Hall–Kier alpha value is -1.26. The van der Waals surface area contributed by atoms with Crippen LogP contribution in [0.3, 0.4) is 0 Å². The Kier molecular flexibility index (Phi) is 7.39. The van der Waals surface area contributed by atoms with Crippen molar-refractivity contribution in [3.8, 4) is 5.75 Å². The average Bonchev–Trinajstić information content (AvgIpc) is 2.27. The number of amides is 1. The third kappa shape index (κ3) is 5.38. The van der Waals surface area contributed by atoms with E-state index in [1.807, 2.05) is 31.2 Å². The summed E-state index contributed by atoms with van der Waals surface area (Å²) in [6, 6.07) is 7.37. The molecule has 0 aliphatic carbocycles. The van der Waals surface area contributed by atoms with Gasteiger partial charge in [-0.3, -0.25) is 4.79 Å². The summed E-state index contributed by atoms with van der Waals surface area (Å²) in [6.07, 6.45) is 0. The van der Waals surface area contributed by atoms with Crippen LogP contribution in [0.25, 0.3) is 0 Å². The van der Waals surface area contributed by atoms with Crippen LogP contribution in [0.4, 0.5) is 0 Å². The zero-order chi connectivity index (χ0) is 12.8. The van der Waals surface area contributed by atoms with Gasteiger partial charge in [0.25, 0.3) is 0 Å². The predicted octanol–water partition coefficient (Wildman–Crippen LogP) is 1.60. The monoisotopic (exact) mass is 272 g/mol. The molecule has 102 valence electrons. The van der Waals surface area contributed by atoms with Crippen molar-refractivity contribution in [1.82, 2.24) is 4.90 Å². The first-order valence-electron chi connectivity index (χ1n) is 5.70. The highest BCUT2D eigenvalue weighted by Crippen LogP contribution is 2.11. The number of nitrogens with two attached hydrogens (primary N) is 1. The molecule has 1 rings (SSSR count). The Balaban J connectivity index is 0.00000289. The highest BCUT2D eigenvalue weighted by molar-refractivity contribution is 5.85. The summed E-state index contributed by atoms with van der Waals surface area (Å²) in [6.45, 7) is 4.70.